The molecule has 1 amide bonds. The Morgan fingerprint density at radius 3 is 2.87 bits per heavy atom. The van der Waals surface area contributed by atoms with Crippen LogP contribution in [0, 0.1) is 0 Å². The van der Waals surface area contributed by atoms with Crippen LogP contribution in [0.25, 0.3) is 27.3 Å². The molecule has 9 heteroatoms. The lowest BCUT2D eigenvalue weighted by Crippen LogP contribution is -2.23. The van der Waals surface area contributed by atoms with Gasteiger partial charge in [-0.25, -0.2) is 14.6 Å². The highest BCUT2D eigenvalue weighted by molar-refractivity contribution is 7.13. The molecule has 5 aromatic rings. The maximum atomic E-state index is 13.2. The van der Waals surface area contributed by atoms with Gasteiger partial charge in [0.25, 0.3) is 5.91 Å². The van der Waals surface area contributed by atoms with E-state index >= 15 is 0 Å². The van der Waals surface area contributed by atoms with Crippen molar-refractivity contribution in [3.8, 4) is 10.6 Å². The van der Waals surface area contributed by atoms with Crippen LogP contribution < -0.4 is 5.32 Å². The second-order valence-electron chi connectivity index (χ2n) is 7.48. The molecule has 0 saturated carbocycles. The molecule has 31 heavy (non-hydrogen) atoms. The molecule has 0 spiro atoms. The van der Waals surface area contributed by atoms with Gasteiger partial charge in [0, 0.05) is 18.4 Å². The first-order valence-corrected chi connectivity index (χ1v) is 11.1. The number of hydrogen-bond acceptors (Lipinski definition) is 5. The van der Waals surface area contributed by atoms with Crippen molar-refractivity contribution in [2.45, 2.75) is 26.4 Å². The monoisotopic (exact) mass is 450 g/mol. The third kappa shape index (κ3) is 3.68. The first-order valence-electron chi connectivity index (χ1n) is 9.83. The van der Waals surface area contributed by atoms with E-state index in [9.17, 15) is 4.79 Å². The molecule has 0 fully saturated rings. The van der Waals surface area contributed by atoms with Crippen LogP contribution in [-0.4, -0.2) is 30.1 Å². The number of fused-ring (bicyclic) bond motifs is 2. The predicted octanol–water partition coefficient (Wildman–Crippen LogP) is 4.97. The highest BCUT2D eigenvalue weighted by Crippen LogP contribution is 2.29. The maximum absolute atomic E-state index is 13.2. The van der Waals surface area contributed by atoms with E-state index in [0.29, 0.717) is 22.8 Å². The van der Waals surface area contributed by atoms with E-state index in [1.807, 2.05) is 58.8 Å². The molecule has 0 saturated heterocycles. The third-order valence-corrected chi connectivity index (χ3v) is 6.08. The number of amides is 1. The summed E-state index contributed by atoms with van der Waals surface area (Å²) in [7, 11) is 0. The molecule has 0 aliphatic rings. The number of nitrogens with zero attached hydrogens (tertiary/aromatic N) is 5. The largest absolute Gasteiger partial charge is 0.346 e. The number of thiophene rings is 1. The van der Waals surface area contributed by atoms with Gasteiger partial charge in [0.1, 0.15) is 5.65 Å². The summed E-state index contributed by atoms with van der Waals surface area (Å²) in [4.78, 5) is 23.5. The fourth-order valence-corrected chi connectivity index (χ4v) is 4.36. The van der Waals surface area contributed by atoms with Crippen molar-refractivity contribution in [1.82, 2.24) is 29.5 Å². The molecule has 0 atom stereocenters. The van der Waals surface area contributed by atoms with Crippen molar-refractivity contribution >= 4 is 45.5 Å². The molecule has 7 nitrogen and oxygen atoms in total. The summed E-state index contributed by atoms with van der Waals surface area (Å²) >= 11 is 7.63. The summed E-state index contributed by atoms with van der Waals surface area (Å²) in [5, 5.41) is 10.8. The van der Waals surface area contributed by atoms with E-state index in [4.69, 9.17) is 16.6 Å². The Morgan fingerprint density at radius 2 is 2.10 bits per heavy atom. The summed E-state index contributed by atoms with van der Waals surface area (Å²) in [5.41, 5.74) is 3.54. The number of halogens is 1. The van der Waals surface area contributed by atoms with Crippen molar-refractivity contribution in [2.24, 2.45) is 0 Å². The van der Waals surface area contributed by atoms with Crippen LogP contribution >= 0.6 is 22.9 Å². The minimum absolute atomic E-state index is 0.129. The first-order chi connectivity index (χ1) is 15.0. The topological polar surface area (TPSA) is 77.1 Å². The minimum atomic E-state index is -0.191. The van der Waals surface area contributed by atoms with E-state index < -0.39 is 0 Å². The summed E-state index contributed by atoms with van der Waals surface area (Å²) in [6.07, 6.45) is 5.36. The molecular formula is C22H19ClN6OS. The van der Waals surface area contributed by atoms with Gasteiger partial charge in [-0.05, 0) is 43.5 Å². The van der Waals surface area contributed by atoms with Gasteiger partial charge in [-0.15, -0.1) is 11.3 Å². The Morgan fingerprint density at radius 1 is 1.23 bits per heavy atom. The summed E-state index contributed by atoms with van der Waals surface area (Å²) in [6, 6.07) is 9.56. The van der Waals surface area contributed by atoms with Gasteiger partial charge in [-0.1, -0.05) is 17.7 Å². The van der Waals surface area contributed by atoms with Gasteiger partial charge < -0.3 is 9.72 Å². The fourth-order valence-electron chi connectivity index (χ4n) is 3.50. The van der Waals surface area contributed by atoms with E-state index in [0.717, 1.165) is 27.3 Å². The Bertz CT molecular complexity index is 1400. The van der Waals surface area contributed by atoms with Crippen LogP contribution in [0.4, 0.5) is 0 Å². The number of rotatable bonds is 5. The van der Waals surface area contributed by atoms with Crippen molar-refractivity contribution in [3.63, 3.8) is 0 Å². The van der Waals surface area contributed by atoms with Crippen LogP contribution in [0.1, 0.15) is 35.9 Å². The smallest absolute Gasteiger partial charge is 0.252 e. The first kappa shape index (κ1) is 19.7. The molecule has 0 radical (unpaired) electrons. The lowest BCUT2D eigenvalue weighted by molar-refractivity contribution is 0.0952. The molecule has 1 N–H and O–H groups in total. The molecule has 0 unspecified atom stereocenters. The van der Waals surface area contributed by atoms with Gasteiger partial charge in [0.05, 0.1) is 45.0 Å². The second-order valence-corrected chi connectivity index (χ2v) is 8.86. The van der Waals surface area contributed by atoms with Crippen molar-refractivity contribution in [2.75, 3.05) is 0 Å². The number of imidazole rings is 1. The maximum Gasteiger partial charge on any atom is 0.252 e. The molecule has 0 bridgehead atoms. The van der Waals surface area contributed by atoms with Crippen molar-refractivity contribution < 1.29 is 4.79 Å². The average molecular weight is 451 g/mol. The SMILES string of the molecule is CC(C)n1ncc2c(C(=O)NCc3cn4cc(Cl)ccc4n3)cc(-c3cccs3)nc21. The lowest BCUT2D eigenvalue weighted by Gasteiger charge is -2.10. The number of hydrogen-bond donors (Lipinski definition) is 1. The number of nitrogens with one attached hydrogen (secondary N) is 1. The summed E-state index contributed by atoms with van der Waals surface area (Å²) in [6.45, 7) is 4.39. The Hall–Kier alpha value is -3.23. The number of aromatic nitrogens is 5. The normalized spacial score (nSPS) is 11.6. The van der Waals surface area contributed by atoms with Gasteiger partial charge in [0.15, 0.2) is 5.65 Å². The highest BCUT2D eigenvalue weighted by Gasteiger charge is 2.19. The minimum Gasteiger partial charge on any atom is -0.346 e. The van der Waals surface area contributed by atoms with E-state index in [1.54, 1.807) is 29.8 Å². The number of carbonyl (C=O) groups excluding carboxylic acids is 1. The Kier molecular flexibility index (Phi) is 4.95. The lowest BCUT2D eigenvalue weighted by atomic mass is 10.1. The van der Waals surface area contributed by atoms with E-state index in [2.05, 4.69) is 15.4 Å². The number of pyridine rings is 2. The van der Waals surface area contributed by atoms with Crippen molar-refractivity contribution in [1.29, 1.82) is 0 Å². The van der Waals surface area contributed by atoms with Crippen LogP contribution in [0.2, 0.25) is 5.02 Å². The molecule has 5 aromatic heterocycles. The zero-order chi connectivity index (χ0) is 21.5. The highest BCUT2D eigenvalue weighted by atomic mass is 35.5. The van der Waals surface area contributed by atoms with Crippen LogP contribution in [-0.2, 0) is 6.54 Å². The van der Waals surface area contributed by atoms with Gasteiger partial charge in [0.2, 0.25) is 0 Å². The van der Waals surface area contributed by atoms with E-state index in [-0.39, 0.29) is 11.9 Å². The molecule has 5 heterocycles. The summed E-state index contributed by atoms with van der Waals surface area (Å²) < 4.78 is 3.69. The Balaban J connectivity index is 1.49. The predicted molar refractivity (Wildman–Crippen MR) is 123 cm³/mol. The third-order valence-electron chi connectivity index (χ3n) is 4.97. The molecular weight excluding hydrogens is 432 g/mol. The van der Waals surface area contributed by atoms with Crippen LogP contribution in [0.3, 0.4) is 0 Å². The quantitative estimate of drug-likeness (QED) is 0.410. The zero-order valence-corrected chi connectivity index (χ0v) is 18.5. The number of carbonyl (C=O) groups is 1. The van der Waals surface area contributed by atoms with E-state index in [1.165, 1.54) is 0 Å². The molecule has 156 valence electrons. The second kappa shape index (κ2) is 7.79. The standard InChI is InChI=1S/C22H19ClN6OS/c1-13(2)29-21-17(10-25-29)16(8-18(27-21)19-4-3-7-31-19)22(30)24-9-15-12-28-11-14(23)5-6-20(28)26-15/h3-8,10-13H,9H2,1-2H3,(H,24,30). The Labute approximate surface area is 187 Å². The summed E-state index contributed by atoms with van der Waals surface area (Å²) in [5.74, 6) is -0.191. The molecule has 5 rings (SSSR count). The molecule has 0 aromatic carbocycles. The average Bonchev–Trinajstić information content (AvgIpc) is 3.49. The van der Waals surface area contributed by atoms with Gasteiger partial charge in [-0.3, -0.25) is 4.79 Å². The van der Waals surface area contributed by atoms with Gasteiger partial charge >= 0.3 is 0 Å². The van der Waals surface area contributed by atoms with Crippen molar-refractivity contribution in [3.05, 3.63) is 70.6 Å². The van der Waals surface area contributed by atoms with Gasteiger partial charge in [-0.2, -0.15) is 5.10 Å². The zero-order valence-electron chi connectivity index (χ0n) is 16.9. The molecule has 0 aliphatic heterocycles. The molecule has 0 aliphatic carbocycles. The fraction of sp³-hybridized carbons (Fsp3) is 0.182. The van der Waals surface area contributed by atoms with Crippen LogP contribution in [0.15, 0.2) is 54.3 Å². The van der Waals surface area contributed by atoms with Crippen LogP contribution in [0.5, 0.6) is 0 Å².